The SMILES string of the molecule is Cc1nc(C)c(C(C)NC(=O)C(C)CCN)s1. The van der Waals surface area contributed by atoms with Gasteiger partial charge < -0.3 is 11.1 Å². The van der Waals surface area contributed by atoms with Crippen molar-refractivity contribution in [2.24, 2.45) is 11.7 Å². The second-order valence-electron chi connectivity index (χ2n) is 4.39. The number of rotatable bonds is 5. The Bertz CT molecular complexity index is 389. The van der Waals surface area contributed by atoms with Gasteiger partial charge in [0.15, 0.2) is 0 Å². The summed E-state index contributed by atoms with van der Waals surface area (Å²) in [4.78, 5) is 17.4. The molecule has 0 spiro atoms. The van der Waals surface area contributed by atoms with Crippen LogP contribution in [0, 0.1) is 19.8 Å². The van der Waals surface area contributed by atoms with E-state index in [-0.39, 0.29) is 17.9 Å². The van der Waals surface area contributed by atoms with Gasteiger partial charge in [0.1, 0.15) is 0 Å². The first-order valence-corrected chi connectivity index (χ1v) is 6.71. The Labute approximate surface area is 107 Å². The molecule has 1 amide bonds. The Morgan fingerprint density at radius 3 is 2.59 bits per heavy atom. The van der Waals surface area contributed by atoms with Gasteiger partial charge in [-0.2, -0.15) is 0 Å². The minimum absolute atomic E-state index is 0.0222. The van der Waals surface area contributed by atoms with Crippen molar-refractivity contribution in [3.05, 3.63) is 15.6 Å². The lowest BCUT2D eigenvalue weighted by atomic mass is 10.1. The van der Waals surface area contributed by atoms with Crippen LogP contribution in [-0.2, 0) is 4.79 Å². The summed E-state index contributed by atoms with van der Waals surface area (Å²) >= 11 is 1.64. The second kappa shape index (κ2) is 6.12. The van der Waals surface area contributed by atoms with Crippen LogP contribution in [-0.4, -0.2) is 17.4 Å². The van der Waals surface area contributed by atoms with Gasteiger partial charge in [0.2, 0.25) is 5.91 Å². The van der Waals surface area contributed by atoms with E-state index < -0.39 is 0 Å². The minimum Gasteiger partial charge on any atom is -0.348 e. The molecule has 1 heterocycles. The van der Waals surface area contributed by atoms with Crippen LogP contribution in [0.3, 0.4) is 0 Å². The summed E-state index contributed by atoms with van der Waals surface area (Å²) in [6.45, 7) is 8.39. The van der Waals surface area contributed by atoms with Gasteiger partial charge in [0.05, 0.1) is 16.7 Å². The van der Waals surface area contributed by atoms with Crippen molar-refractivity contribution >= 4 is 17.2 Å². The van der Waals surface area contributed by atoms with E-state index in [1.54, 1.807) is 11.3 Å². The molecular formula is C12H21N3OS. The van der Waals surface area contributed by atoms with Crippen molar-refractivity contribution in [2.75, 3.05) is 6.54 Å². The molecule has 17 heavy (non-hydrogen) atoms. The molecular weight excluding hydrogens is 234 g/mol. The van der Waals surface area contributed by atoms with Crippen molar-refractivity contribution in [1.29, 1.82) is 0 Å². The summed E-state index contributed by atoms with van der Waals surface area (Å²) in [5.74, 6) is 0.0326. The lowest BCUT2D eigenvalue weighted by molar-refractivity contribution is -0.125. The largest absolute Gasteiger partial charge is 0.348 e. The first-order chi connectivity index (χ1) is 7.95. The first kappa shape index (κ1) is 14.1. The second-order valence-corrected chi connectivity index (χ2v) is 5.63. The summed E-state index contributed by atoms with van der Waals surface area (Å²) in [5.41, 5.74) is 6.45. The summed E-state index contributed by atoms with van der Waals surface area (Å²) in [7, 11) is 0. The van der Waals surface area contributed by atoms with Crippen LogP contribution in [0.4, 0.5) is 0 Å². The van der Waals surface area contributed by atoms with Gasteiger partial charge in [-0.1, -0.05) is 6.92 Å². The van der Waals surface area contributed by atoms with Gasteiger partial charge in [0, 0.05) is 10.8 Å². The highest BCUT2D eigenvalue weighted by Crippen LogP contribution is 2.24. The van der Waals surface area contributed by atoms with E-state index in [1.807, 2.05) is 27.7 Å². The number of thiazole rings is 1. The Morgan fingerprint density at radius 2 is 2.12 bits per heavy atom. The minimum atomic E-state index is -0.0308. The molecule has 3 N–H and O–H groups in total. The average Bonchev–Trinajstić information content (AvgIpc) is 2.58. The van der Waals surface area contributed by atoms with E-state index in [4.69, 9.17) is 5.73 Å². The molecule has 1 aromatic rings. The number of nitrogens with one attached hydrogen (secondary N) is 1. The zero-order valence-corrected chi connectivity index (χ0v) is 11.7. The molecule has 0 radical (unpaired) electrons. The fourth-order valence-corrected chi connectivity index (χ4v) is 2.68. The summed E-state index contributed by atoms with van der Waals surface area (Å²) < 4.78 is 0. The smallest absolute Gasteiger partial charge is 0.223 e. The Kier molecular flexibility index (Phi) is 5.08. The molecule has 2 unspecified atom stereocenters. The molecule has 0 aromatic carbocycles. The molecule has 1 aromatic heterocycles. The van der Waals surface area contributed by atoms with Gasteiger partial charge in [-0.25, -0.2) is 4.98 Å². The Hall–Kier alpha value is -0.940. The van der Waals surface area contributed by atoms with E-state index in [0.717, 1.165) is 22.0 Å². The molecule has 0 aliphatic carbocycles. The fraction of sp³-hybridized carbons (Fsp3) is 0.667. The summed E-state index contributed by atoms with van der Waals surface area (Å²) in [5, 5.41) is 4.05. The van der Waals surface area contributed by atoms with Crippen LogP contribution < -0.4 is 11.1 Å². The van der Waals surface area contributed by atoms with Gasteiger partial charge in [-0.15, -0.1) is 11.3 Å². The molecule has 96 valence electrons. The molecule has 0 aliphatic heterocycles. The van der Waals surface area contributed by atoms with Gasteiger partial charge in [-0.05, 0) is 33.7 Å². The monoisotopic (exact) mass is 255 g/mol. The van der Waals surface area contributed by atoms with Crippen LogP contribution in [0.25, 0.3) is 0 Å². The zero-order chi connectivity index (χ0) is 13.0. The quantitative estimate of drug-likeness (QED) is 0.844. The molecule has 0 aliphatic rings. The fourth-order valence-electron chi connectivity index (χ4n) is 1.75. The Balaban J connectivity index is 2.63. The van der Waals surface area contributed by atoms with Crippen molar-refractivity contribution in [3.63, 3.8) is 0 Å². The van der Waals surface area contributed by atoms with Crippen molar-refractivity contribution in [3.8, 4) is 0 Å². The summed E-state index contributed by atoms with van der Waals surface area (Å²) in [6, 6.07) is 0.0222. The number of carbonyl (C=O) groups excluding carboxylic acids is 1. The number of nitrogens with zero attached hydrogens (tertiary/aromatic N) is 1. The number of amides is 1. The highest BCUT2D eigenvalue weighted by molar-refractivity contribution is 7.11. The van der Waals surface area contributed by atoms with E-state index >= 15 is 0 Å². The number of aryl methyl sites for hydroxylation is 2. The highest BCUT2D eigenvalue weighted by atomic mass is 32.1. The van der Waals surface area contributed by atoms with Gasteiger partial charge in [0.25, 0.3) is 0 Å². The Morgan fingerprint density at radius 1 is 1.47 bits per heavy atom. The number of aromatic nitrogens is 1. The maximum absolute atomic E-state index is 11.9. The molecule has 0 saturated carbocycles. The molecule has 0 bridgehead atoms. The van der Waals surface area contributed by atoms with Gasteiger partial charge >= 0.3 is 0 Å². The molecule has 5 heteroatoms. The van der Waals surface area contributed by atoms with Crippen molar-refractivity contribution < 1.29 is 4.79 Å². The van der Waals surface area contributed by atoms with Gasteiger partial charge in [-0.3, -0.25) is 4.79 Å². The van der Waals surface area contributed by atoms with Crippen LogP contribution in [0.15, 0.2) is 0 Å². The molecule has 0 fully saturated rings. The van der Waals surface area contributed by atoms with Crippen molar-refractivity contribution in [2.45, 2.75) is 40.2 Å². The highest BCUT2D eigenvalue weighted by Gasteiger charge is 2.18. The third kappa shape index (κ3) is 3.78. The van der Waals surface area contributed by atoms with E-state index in [2.05, 4.69) is 10.3 Å². The molecule has 1 rings (SSSR count). The topological polar surface area (TPSA) is 68.0 Å². The number of hydrogen-bond acceptors (Lipinski definition) is 4. The van der Waals surface area contributed by atoms with Crippen LogP contribution in [0.1, 0.15) is 41.9 Å². The normalized spacial score (nSPS) is 14.4. The maximum atomic E-state index is 11.9. The maximum Gasteiger partial charge on any atom is 0.223 e. The molecule has 2 atom stereocenters. The number of hydrogen-bond donors (Lipinski definition) is 2. The van der Waals surface area contributed by atoms with Crippen LogP contribution in [0.2, 0.25) is 0 Å². The van der Waals surface area contributed by atoms with E-state index in [0.29, 0.717) is 6.54 Å². The zero-order valence-electron chi connectivity index (χ0n) is 10.9. The first-order valence-electron chi connectivity index (χ1n) is 5.90. The lowest BCUT2D eigenvalue weighted by Crippen LogP contribution is -2.32. The lowest BCUT2D eigenvalue weighted by Gasteiger charge is -2.16. The number of carbonyl (C=O) groups is 1. The third-order valence-corrected chi connectivity index (χ3v) is 3.99. The van der Waals surface area contributed by atoms with Crippen LogP contribution >= 0.6 is 11.3 Å². The predicted molar refractivity (Wildman–Crippen MR) is 71.0 cm³/mol. The molecule has 4 nitrogen and oxygen atoms in total. The predicted octanol–water partition coefficient (Wildman–Crippen LogP) is 1.92. The summed E-state index contributed by atoms with van der Waals surface area (Å²) in [6.07, 6.45) is 0.721. The average molecular weight is 255 g/mol. The van der Waals surface area contributed by atoms with Crippen LogP contribution in [0.5, 0.6) is 0 Å². The van der Waals surface area contributed by atoms with E-state index in [9.17, 15) is 4.79 Å². The van der Waals surface area contributed by atoms with Crippen molar-refractivity contribution in [1.82, 2.24) is 10.3 Å². The standard InChI is InChI=1S/C12H21N3OS/c1-7(5-6-13)12(16)15-9(3)11-8(2)14-10(4)17-11/h7,9H,5-6,13H2,1-4H3,(H,15,16). The number of nitrogens with two attached hydrogens (primary N) is 1. The van der Waals surface area contributed by atoms with E-state index in [1.165, 1.54) is 0 Å². The molecule has 0 saturated heterocycles. The third-order valence-electron chi connectivity index (χ3n) is 2.74.